The van der Waals surface area contributed by atoms with Crippen LogP contribution in [0.2, 0.25) is 0 Å². The van der Waals surface area contributed by atoms with E-state index in [1.807, 2.05) is 18.2 Å². The molecular formula is C13H17ClO2. The summed E-state index contributed by atoms with van der Waals surface area (Å²) in [6.07, 6.45) is 3.00. The SMILES string of the molecule is COc1ccc(/C(C)=C/CCCl)cc1OC. The molecular weight excluding hydrogens is 224 g/mol. The molecule has 1 aromatic carbocycles. The quantitative estimate of drug-likeness (QED) is 0.730. The number of hydrogen-bond donors (Lipinski definition) is 0. The van der Waals surface area contributed by atoms with E-state index in [2.05, 4.69) is 13.0 Å². The Labute approximate surface area is 102 Å². The molecule has 16 heavy (non-hydrogen) atoms. The van der Waals surface area contributed by atoms with Crippen LogP contribution in [0.3, 0.4) is 0 Å². The van der Waals surface area contributed by atoms with Crippen LogP contribution in [-0.4, -0.2) is 20.1 Å². The summed E-state index contributed by atoms with van der Waals surface area (Å²) >= 11 is 5.65. The molecule has 0 saturated heterocycles. The van der Waals surface area contributed by atoms with Gasteiger partial charge in [-0.1, -0.05) is 12.1 Å². The van der Waals surface area contributed by atoms with E-state index in [0.717, 1.165) is 23.5 Å². The van der Waals surface area contributed by atoms with Gasteiger partial charge in [0.05, 0.1) is 14.2 Å². The Morgan fingerprint density at radius 3 is 2.50 bits per heavy atom. The number of halogens is 1. The Morgan fingerprint density at radius 2 is 1.94 bits per heavy atom. The van der Waals surface area contributed by atoms with Gasteiger partial charge in [-0.15, -0.1) is 11.6 Å². The first-order valence-electron chi connectivity index (χ1n) is 5.18. The van der Waals surface area contributed by atoms with Crippen molar-refractivity contribution in [2.75, 3.05) is 20.1 Å². The second kappa shape index (κ2) is 6.44. The van der Waals surface area contributed by atoms with Crippen LogP contribution in [0.5, 0.6) is 11.5 Å². The zero-order valence-corrected chi connectivity index (χ0v) is 10.7. The fourth-order valence-electron chi connectivity index (χ4n) is 1.47. The molecule has 0 N–H and O–H groups in total. The van der Waals surface area contributed by atoms with Crippen LogP contribution in [0.1, 0.15) is 18.9 Å². The Morgan fingerprint density at radius 1 is 1.25 bits per heavy atom. The van der Waals surface area contributed by atoms with Gasteiger partial charge in [-0.05, 0) is 36.6 Å². The van der Waals surface area contributed by atoms with Crippen molar-refractivity contribution < 1.29 is 9.47 Å². The molecule has 0 fully saturated rings. The van der Waals surface area contributed by atoms with E-state index < -0.39 is 0 Å². The van der Waals surface area contributed by atoms with Gasteiger partial charge in [0, 0.05) is 5.88 Å². The smallest absolute Gasteiger partial charge is 0.161 e. The maximum atomic E-state index is 5.65. The molecule has 3 heteroatoms. The van der Waals surface area contributed by atoms with Crippen LogP contribution in [0.25, 0.3) is 5.57 Å². The van der Waals surface area contributed by atoms with Crippen molar-refractivity contribution in [2.45, 2.75) is 13.3 Å². The summed E-state index contributed by atoms with van der Waals surface area (Å²) in [5, 5.41) is 0. The lowest BCUT2D eigenvalue weighted by atomic mass is 10.1. The van der Waals surface area contributed by atoms with Gasteiger partial charge in [-0.2, -0.15) is 0 Å². The number of hydrogen-bond acceptors (Lipinski definition) is 2. The van der Waals surface area contributed by atoms with E-state index in [1.54, 1.807) is 14.2 Å². The summed E-state index contributed by atoms with van der Waals surface area (Å²) in [6, 6.07) is 5.90. The highest BCUT2D eigenvalue weighted by Gasteiger charge is 2.05. The molecule has 0 bridgehead atoms. The first-order valence-corrected chi connectivity index (χ1v) is 5.71. The Hall–Kier alpha value is -1.15. The van der Waals surface area contributed by atoms with Gasteiger partial charge in [-0.25, -0.2) is 0 Å². The van der Waals surface area contributed by atoms with Crippen LogP contribution in [0, 0.1) is 0 Å². The summed E-state index contributed by atoms with van der Waals surface area (Å²) in [6.45, 7) is 2.06. The molecule has 0 aliphatic heterocycles. The molecule has 0 unspecified atom stereocenters. The lowest BCUT2D eigenvalue weighted by Crippen LogP contribution is -1.91. The number of rotatable bonds is 5. The largest absolute Gasteiger partial charge is 0.493 e. The summed E-state index contributed by atoms with van der Waals surface area (Å²) in [5.74, 6) is 2.14. The highest BCUT2D eigenvalue weighted by molar-refractivity contribution is 6.17. The zero-order valence-electron chi connectivity index (χ0n) is 9.92. The summed E-state index contributed by atoms with van der Waals surface area (Å²) < 4.78 is 10.4. The van der Waals surface area contributed by atoms with E-state index in [1.165, 1.54) is 5.57 Å². The molecule has 0 atom stereocenters. The average molecular weight is 241 g/mol. The zero-order chi connectivity index (χ0) is 12.0. The molecule has 0 aromatic heterocycles. The molecule has 0 amide bonds. The molecule has 1 rings (SSSR count). The van der Waals surface area contributed by atoms with Gasteiger partial charge in [0.25, 0.3) is 0 Å². The predicted octanol–water partition coefficient (Wildman–Crippen LogP) is 3.74. The predicted molar refractivity (Wildman–Crippen MR) is 68.5 cm³/mol. The Balaban J connectivity index is 2.98. The minimum atomic E-state index is 0.643. The number of methoxy groups -OCH3 is 2. The average Bonchev–Trinajstić information content (AvgIpc) is 2.34. The lowest BCUT2D eigenvalue weighted by Gasteiger charge is -2.09. The van der Waals surface area contributed by atoms with Crippen molar-refractivity contribution >= 4 is 17.2 Å². The Kier molecular flexibility index (Phi) is 5.20. The fourth-order valence-corrected chi connectivity index (χ4v) is 1.58. The van der Waals surface area contributed by atoms with Gasteiger partial charge < -0.3 is 9.47 Å². The van der Waals surface area contributed by atoms with Crippen molar-refractivity contribution in [3.63, 3.8) is 0 Å². The summed E-state index contributed by atoms with van der Waals surface area (Å²) in [7, 11) is 3.27. The van der Waals surface area contributed by atoms with Crippen molar-refractivity contribution in [3.8, 4) is 11.5 Å². The third-order valence-corrected chi connectivity index (χ3v) is 2.62. The molecule has 0 spiro atoms. The van der Waals surface area contributed by atoms with E-state index in [4.69, 9.17) is 21.1 Å². The first-order chi connectivity index (χ1) is 7.72. The molecule has 0 aliphatic carbocycles. The van der Waals surface area contributed by atoms with Gasteiger partial charge in [0.15, 0.2) is 11.5 Å². The maximum absolute atomic E-state index is 5.65. The second-order valence-corrected chi connectivity index (χ2v) is 3.81. The summed E-state index contributed by atoms with van der Waals surface area (Å²) in [4.78, 5) is 0. The van der Waals surface area contributed by atoms with Gasteiger partial charge >= 0.3 is 0 Å². The number of ether oxygens (including phenoxy) is 2. The molecule has 1 aromatic rings. The topological polar surface area (TPSA) is 18.5 Å². The third kappa shape index (κ3) is 3.17. The van der Waals surface area contributed by atoms with E-state index >= 15 is 0 Å². The van der Waals surface area contributed by atoms with E-state index in [0.29, 0.717) is 5.88 Å². The molecule has 88 valence electrons. The lowest BCUT2D eigenvalue weighted by molar-refractivity contribution is 0.355. The normalized spacial score (nSPS) is 11.4. The van der Waals surface area contributed by atoms with Crippen LogP contribution < -0.4 is 9.47 Å². The molecule has 0 aliphatic rings. The highest BCUT2D eigenvalue weighted by Crippen LogP contribution is 2.30. The van der Waals surface area contributed by atoms with Crippen molar-refractivity contribution in [1.82, 2.24) is 0 Å². The standard InChI is InChI=1S/C13H17ClO2/c1-10(5-4-8-14)11-6-7-12(15-2)13(9-11)16-3/h5-7,9H,4,8H2,1-3H3/b10-5+. The molecule has 0 radical (unpaired) electrons. The minimum Gasteiger partial charge on any atom is -0.493 e. The maximum Gasteiger partial charge on any atom is 0.161 e. The van der Waals surface area contributed by atoms with Crippen LogP contribution >= 0.6 is 11.6 Å². The number of benzene rings is 1. The Bertz CT molecular complexity index is 372. The van der Waals surface area contributed by atoms with Crippen molar-refractivity contribution in [1.29, 1.82) is 0 Å². The third-order valence-electron chi connectivity index (χ3n) is 2.40. The number of alkyl halides is 1. The monoisotopic (exact) mass is 240 g/mol. The van der Waals surface area contributed by atoms with Crippen LogP contribution in [0.15, 0.2) is 24.3 Å². The van der Waals surface area contributed by atoms with E-state index in [-0.39, 0.29) is 0 Å². The van der Waals surface area contributed by atoms with Crippen molar-refractivity contribution in [3.05, 3.63) is 29.8 Å². The van der Waals surface area contributed by atoms with Gasteiger partial charge in [-0.3, -0.25) is 0 Å². The minimum absolute atomic E-state index is 0.643. The van der Waals surface area contributed by atoms with Gasteiger partial charge in [0.2, 0.25) is 0 Å². The van der Waals surface area contributed by atoms with E-state index in [9.17, 15) is 0 Å². The molecule has 0 saturated carbocycles. The fraction of sp³-hybridized carbons (Fsp3) is 0.385. The second-order valence-electron chi connectivity index (χ2n) is 3.43. The van der Waals surface area contributed by atoms with Gasteiger partial charge in [0.1, 0.15) is 0 Å². The highest BCUT2D eigenvalue weighted by atomic mass is 35.5. The van der Waals surface area contributed by atoms with Crippen LogP contribution in [0.4, 0.5) is 0 Å². The number of allylic oxidation sites excluding steroid dienone is 2. The van der Waals surface area contributed by atoms with Crippen molar-refractivity contribution in [2.24, 2.45) is 0 Å². The molecule has 0 heterocycles. The summed E-state index contributed by atoms with van der Waals surface area (Å²) in [5.41, 5.74) is 2.32. The van der Waals surface area contributed by atoms with Crippen LogP contribution in [-0.2, 0) is 0 Å². The first kappa shape index (κ1) is 12.9. The molecule has 2 nitrogen and oxygen atoms in total.